The number of nitrogens with zero attached hydrogens (tertiary/aromatic N) is 2. The Balaban J connectivity index is 2.41. The number of halogens is 1. The van der Waals surface area contributed by atoms with Crippen molar-refractivity contribution in [3.8, 4) is 5.69 Å². The Labute approximate surface area is 117 Å². The lowest BCUT2D eigenvalue weighted by molar-refractivity contribution is 0.768. The lowest BCUT2D eigenvalue weighted by Gasteiger charge is -2.07. The highest BCUT2D eigenvalue weighted by Gasteiger charge is 2.09. The van der Waals surface area contributed by atoms with E-state index in [0.717, 1.165) is 16.9 Å². The molecule has 0 amide bonds. The van der Waals surface area contributed by atoms with E-state index in [9.17, 15) is 0 Å². The van der Waals surface area contributed by atoms with Crippen molar-refractivity contribution in [2.24, 2.45) is 5.73 Å². The average molecular weight is 280 g/mol. The number of benzene rings is 1. The van der Waals surface area contributed by atoms with Crippen molar-refractivity contribution in [3.63, 3.8) is 0 Å². The highest BCUT2D eigenvalue weighted by molar-refractivity contribution is 7.80. The fraction of sp³-hybridized carbons (Fsp3) is 0.231. The zero-order valence-electron chi connectivity index (χ0n) is 10.2. The predicted octanol–water partition coefficient (Wildman–Crippen LogP) is 3.28. The standard InChI is InChI=1S/C13H14ClN3S/c1-8(2)11-5-6-17(16-11)12-4-3-9(13(15)18)7-10(12)14/h3-8H,1-2H3,(H2,15,18). The van der Waals surface area contributed by atoms with Crippen molar-refractivity contribution in [1.29, 1.82) is 0 Å². The van der Waals surface area contributed by atoms with Gasteiger partial charge in [0.25, 0.3) is 0 Å². The number of nitrogens with two attached hydrogens (primary N) is 1. The molecule has 94 valence electrons. The lowest BCUT2D eigenvalue weighted by atomic mass is 10.1. The van der Waals surface area contributed by atoms with E-state index in [1.165, 1.54) is 0 Å². The van der Waals surface area contributed by atoms with Crippen molar-refractivity contribution in [3.05, 3.63) is 46.7 Å². The summed E-state index contributed by atoms with van der Waals surface area (Å²) in [7, 11) is 0. The first kappa shape index (κ1) is 13.1. The van der Waals surface area contributed by atoms with Gasteiger partial charge >= 0.3 is 0 Å². The van der Waals surface area contributed by atoms with Crippen LogP contribution in [-0.4, -0.2) is 14.8 Å². The van der Waals surface area contributed by atoms with E-state index < -0.39 is 0 Å². The lowest BCUT2D eigenvalue weighted by Crippen LogP contribution is -2.09. The average Bonchev–Trinajstić information content (AvgIpc) is 2.78. The van der Waals surface area contributed by atoms with Crippen molar-refractivity contribution in [2.75, 3.05) is 0 Å². The maximum absolute atomic E-state index is 6.22. The molecule has 0 aliphatic rings. The maximum Gasteiger partial charge on any atom is 0.104 e. The van der Waals surface area contributed by atoms with Gasteiger partial charge in [-0.2, -0.15) is 5.10 Å². The topological polar surface area (TPSA) is 43.8 Å². The molecule has 1 aromatic carbocycles. The summed E-state index contributed by atoms with van der Waals surface area (Å²) >= 11 is 11.1. The Morgan fingerprint density at radius 2 is 2.11 bits per heavy atom. The third-order valence-electron chi connectivity index (χ3n) is 2.68. The normalized spacial score (nSPS) is 10.9. The molecule has 0 bridgehead atoms. The number of thiocarbonyl (C=S) groups is 1. The third kappa shape index (κ3) is 2.54. The van der Waals surface area contributed by atoms with Crippen LogP contribution in [0.5, 0.6) is 0 Å². The van der Waals surface area contributed by atoms with Crippen molar-refractivity contribution in [2.45, 2.75) is 19.8 Å². The third-order valence-corrected chi connectivity index (χ3v) is 3.22. The van der Waals surface area contributed by atoms with Gasteiger partial charge in [-0.3, -0.25) is 0 Å². The smallest absolute Gasteiger partial charge is 0.104 e. The summed E-state index contributed by atoms with van der Waals surface area (Å²) in [4.78, 5) is 0.340. The molecule has 1 aromatic heterocycles. The van der Waals surface area contributed by atoms with Crippen LogP contribution in [0.4, 0.5) is 0 Å². The zero-order chi connectivity index (χ0) is 13.3. The SMILES string of the molecule is CC(C)c1ccn(-c2ccc(C(N)=S)cc2Cl)n1. The molecule has 0 spiro atoms. The van der Waals surface area contributed by atoms with E-state index in [2.05, 4.69) is 18.9 Å². The first-order chi connectivity index (χ1) is 8.49. The molecule has 0 fully saturated rings. The molecule has 5 heteroatoms. The summed E-state index contributed by atoms with van der Waals surface area (Å²) in [6, 6.07) is 7.46. The van der Waals surface area contributed by atoms with Crippen LogP contribution < -0.4 is 5.73 Å². The second-order valence-corrected chi connectivity index (χ2v) is 5.22. The van der Waals surface area contributed by atoms with E-state index in [-0.39, 0.29) is 0 Å². The van der Waals surface area contributed by atoms with Gasteiger partial charge in [0.2, 0.25) is 0 Å². The molecule has 0 unspecified atom stereocenters. The summed E-state index contributed by atoms with van der Waals surface area (Å²) < 4.78 is 1.76. The molecule has 0 atom stereocenters. The molecule has 0 saturated heterocycles. The number of hydrogen-bond donors (Lipinski definition) is 1. The van der Waals surface area contributed by atoms with Gasteiger partial charge in [-0.25, -0.2) is 4.68 Å². The second kappa shape index (κ2) is 5.08. The molecule has 0 saturated carbocycles. The highest BCUT2D eigenvalue weighted by atomic mass is 35.5. The van der Waals surface area contributed by atoms with Crippen LogP contribution in [0.1, 0.15) is 31.0 Å². The minimum absolute atomic E-state index is 0.340. The second-order valence-electron chi connectivity index (χ2n) is 4.37. The molecule has 0 aliphatic heterocycles. The summed E-state index contributed by atoms with van der Waals surface area (Å²) in [5.74, 6) is 0.390. The summed E-state index contributed by atoms with van der Waals surface area (Å²) in [5.41, 5.74) is 8.18. The number of hydrogen-bond acceptors (Lipinski definition) is 2. The Hall–Kier alpha value is -1.39. The van der Waals surface area contributed by atoms with E-state index >= 15 is 0 Å². The van der Waals surface area contributed by atoms with Crippen LogP contribution in [0.2, 0.25) is 5.02 Å². The van der Waals surface area contributed by atoms with Gasteiger partial charge in [0.1, 0.15) is 4.99 Å². The highest BCUT2D eigenvalue weighted by Crippen LogP contribution is 2.22. The van der Waals surface area contributed by atoms with E-state index in [1.54, 1.807) is 10.7 Å². The van der Waals surface area contributed by atoms with Gasteiger partial charge in [-0.15, -0.1) is 0 Å². The molecule has 2 N–H and O–H groups in total. The molecule has 2 rings (SSSR count). The molecular weight excluding hydrogens is 266 g/mol. The van der Waals surface area contributed by atoms with Gasteiger partial charge < -0.3 is 5.73 Å². The fourth-order valence-corrected chi connectivity index (χ4v) is 2.02. The van der Waals surface area contributed by atoms with Crippen LogP contribution >= 0.6 is 23.8 Å². The van der Waals surface area contributed by atoms with Gasteiger partial charge in [0.15, 0.2) is 0 Å². The molecular formula is C13H14ClN3S. The first-order valence-corrected chi connectivity index (χ1v) is 6.43. The van der Waals surface area contributed by atoms with Crippen LogP contribution in [-0.2, 0) is 0 Å². The zero-order valence-corrected chi connectivity index (χ0v) is 11.8. The summed E-state index contributed by atoms with van der Waals surface area (Å²) in [5, 5.41) is 5.07. The summed E-state index contributed by atoms with van der Waals surface area (Å²) in [6.45, 7) is 4.20. The fourth-order valence-electron chi connectivity index (χ4n) is 1.63. The maximum atomic E-state index is 6.22. The Morgan fingerprint density at radius 3 is 2.61 bits per heavy atom. The van der Waals surface area contributed by atoms with E-state index in [4.69, 9.17) is 29.6 Å². The largest absolute Gasteiger partial charge is 0.389 e. The van der Waals surface area contributed by atoms with Gasteiger partial charge in [-0.1, -0.05) is 37.7 Å². The minimum Gasteiger partial charge on any atom is -0.389 e. The van der Waals surface area contributed by atoms with E-state index in [1.807, 2.05) is 24.4 Å². The molecule has 0 aliphatic carbocycles. The Bertz CT molecular complexity index is 590. The Kier molecular flexibility index (Phi) is 3.68. The number of rotatable bonds is 3. The van der Waals surface area contributed by atoms with Crippen molar-refractivity contribution < 1.29 is 0 Å². The van der Waals surface area contributed by atoms with E-state index in [0.29, 0.717) is 15.9 Å². The Morgan fingerprint density at radius 1 is 1.39 bits per heavy atom. The minimum atomic E-state index is 0.340. The van der Waals surface area contributed by atoms with Gasteiger partial charge in [-0.05, 0) is 30.2 Å². The van der Waals surface area contributed by atoms with Crippen molar-refractivity contribution in [1.82, 2.24) is 9.78 Å². The molecule has 0 radical (unpaired) electrons. The predicted molar refractivity (Wildman–Crippen MR) is 78.6 cm³/mol. The van der Waals surface area contributed by atoms with Gasteiger partial charge in [0.05, 0.1) is 16.4 Å². The summed E-state index contributed by atoms with van der Waals surface area (Å²) in [6.07, 6.45) is 1.90. The van der Waals surface area contributed by atoms with Crippen LogP contribution in [0, 0.1) is 0 Å². The first-order valence-electron chi connectivity index (χ1n) is 5.64. The number of aromatic nitrogens is 2. The molecule has 18 heavy (non-hydrogen) atoms. The molecule has 3 nitrogen and oxygen atoms in total. The van der Waals surface area contributed by atoms with Crippen LogP contribution in [0.3, 0.4) is 0 Å². The molecule has 2 aromatic rings. The molecule has 1 heterocycles. The van der Waals surface area contributed by atoms with Crippen molar-refractivity contribution >= 4 is 28.8 Å². The van der Waals surface area contributed by atoms with Crippen LogP contribution in [0.25, 0.3) is 5.69 Å². The monoisotopic (exact) mass is 279 g/mol. The van der Waals surface area contributed by atoms with Gasteiger partial charge in [0, 0.05) is 11.8 Å². The quantitative estimate of drug-likeness (QED) is 0.877. The van der Waals surface area contributed by atoms with Crippen LogP contribution in [0.15, 0.2) is 30.5 Å².